The first kappa shape index (κ1) is 40.4. The van der Waals surface area contributed by atoms with Gasteiger partial charge in [0.2, 0.25) is 12.0 Å². The normalized spacial score (nSPS) is 30.9. The molecule has 0 unspecified atom stereocenters. The van der Waals surface area contributed by atoms with Crippen molar-refractivity contribution in [2.75, 3.05) is 20.3 Å². The summed E-state index contributed by atoms with van der Waals surface area (Å²) in [6, 6.07) is 2.57. The number of carboxylic acids is 1. The predicted molar refractivity (Wildman–Crippen MR) is 162 cm³/mol. The summed E-state index contributed by atoms with van der Waals surface area (Å²) in [5.41, 5.74) is -4.26. The van der Waals surface area contributed by atoms with E-state index in [0.29, 0.717) is 5.56 Å². The molecule has 0 aromatic heterocycles. The van der Waals surface area contributed by atoms with Crippen LogP contribution >= 0.6 is 0 Å². The lowest BCUT2D eigenvalue weighted by Crippen LogP contribution is -2.60. The Morgan fingerprint density at radius 3 is 2.30 bits per heavy atom. The maximum absolute atomic E-state index is 13.0. The minimum absolute atomic E-state index is 0.0642. The van der Waals surface area contributed by atoms with E-state index in [2.05, 4.69) is 0 Å². The number of carbonyl (C=O) groups excluding carboxylic acids is 3. The first-order valence-electron chi connectivity index (χ1n) is 15.2. The molecular formula is C31H42O19. The maximum atomic E-state index is 13.0. The van der Waals surface area contributed by atoms with E-state index in [1.165, 1.54) is 31.4 Å². The van der Waals surface area contributed by atoms with Crippen molar-refractivity contribution in [2.45, 2.75) is 99.8 Å². The van der Waals surface area contributed by atoms with E-state index in [1.807, 2.05) is 0 Å². The van der Waals surface area contributed by atoms with Gasteiger partial charge < -0.3 is 74.4 Å². The van der Waals surface area contributed by atoms with Gasteiger partial charge in [-0.3, -0.25) is 14.4 Å². The van der Waals surface area contributed by atoms with Gasteiger partial charge in [0, 0.05) is 19.8 Å². The number of aromatic hydroxyl groups is 1. The fourth-order valence-corrected chi connectivity index (χ4v) is 5.45. The molecule has 1 saturated heterocycles. The quantitative estimate of drug-likeness (QED) is 0.0708. The summed E-state index contributed by atoms with van der Waals surface area (Å²) in [6.07, 6.45) is -13.2. The van der Waals surface area contributed by atoms with E-state index in [9.17, 15) is 65.1 Å². The number of methoxy groups -OCH3 is 1. The SMILES string of the molecule is COc1cc(C=CCOC(=O)C[C@](C)(CC(=O)O)OC(=O)[C@]2(O)C[C@@H](O)[C@@H](O)[C@H](OC(C)=O)C2)cc(O)c1O[C@@H]1O[C@H](CO)[C@@H](O)[C@H](O)[C@H]1O. The van der Waals surface area contributed by atoms with Crippen LogP contribution in [0.5, 0.6) is 17.2 Å². The van der Waals surface area contributed by atoms with Gasteiger partial charge in [0.05, 0.1) is 32.7 Å². The van der Waals surface area contributed by atoms with Gasteiger partial charge in [-0.05, 0) is 30.7 Å². The minimum Gasteiger partial charge on any atom is -0.504 e. The summed E-state index contributed by atoms with van der Waals surface area (Å²) in [4.78, 5) is 48.7. The molecule has 2 aliphatic rings. The number of phenolic OH excluding ortho intramolecular Hbond substituents is 1. The monoisotopic (exact) mass is 718 g/mol. The average molecular weight is 719 g/mol. The standard InChI is InChI=1S/C31H42O19/c1-14(33)47-19-10-31(44,9-17(35)23(19)39)29(43)50-30(2,11-21(36)37)12-22(38)46-6-4-5-15-7-16(34)27(18(8-15)45-3)49-28-26(42)25(41)24(40)20(13-32)48-28/h4-5,7-8,17,19-20,23-26,28,32,34-35,39-42,44H,6,9-13H2,1-3H3,(H,36,37)/t17-,19-,20-,23-,24-,25+,26-,28+,30+,31+/m1/s1. The molecule has 3 rings (SSSR count). The number of ether oxygens (including phenoxy) is 6. The average Bonchev–Trinajstić information content (AvgIpc) is 3.01. The Balaban J connectivity index is 1.65. The molecule has 50 heavy (non-hydrogen) atoms. The molecular weight excluding hydrogens is 676 g/mol. The Bertz CT molecular complexity index is 1410. The molecule has 0 bridgehead atoms. The van der Waals surface area contributed by atoms with Crippen molar-refractivity contribution in [3.63, 3.8) is 0 Å². The highest BCUT2D eigenvalue weighted by molar-refractivity contribution is 5.82. The van der Waals surface area contributed by atoms with Crippen LogP contribution in [0, 0.1) is 0 Å². The van der Waals surface area contributed by atoms with E-state index < -0.39 is 122 Å². The van der Waals surface area contributed by atoms with Crippen LogP contribution < -0.4 is 9.47 Å². The van der Waals surface area contributed by atoms with E-state index in [1.54, 1.807) is 0 Å². The van der Waals surface area contributed by atoms with Crippen LogP contribution in [-0.2, 0) is 38.1 Å². The Kier molecular flexibility index (Phi) is 13.5. The number of benzene rings is 1. The van der Waals surface area contributed by atoms with Crippen LogP contribution in [0.1, 0.15) is 45.1 Å². The van der Waals surface area contributed by atoms with Crippen LogP contribution in [0.15, 0.2) is 18.2 Å². The van der Waals surface area contributed by atoms with Crippen molar-refractivity contribution in [1.29, 1.82) is 0 Å². The zero-order chi connectivity index (χ0) is 37.6. The van der Waals surface area contributed by atoms with Crippen molar-refractivity contribution >= 4 is 30.0 Å². The molecule has 10 atom stereocenters. The van der Waals surface area contributed by atoms with E-state index in [-0.39, 0.29) is 18.1 Å². The molecule has 0 amide bonds. The summed E-state index contributed by atoms with van der Waals surface area (Å²) >= 11 is 0. The molecule has 1 aliphatic heterocycles. The lowest BCUT2D eigenvalue weighted by Gasteiger charge is -2.41. The maximum Gasteiger partial charge on any atom is 0.338 e. The first-order valence-corrected chi connectivity index (χ1v) is 15.2. The number of carbonyl (C=O) groups is 4. The third-order valence-electron chi connectivity index (χ3n) is 7.95. The Morgan fingerprint density at radius 2 is 1.70 bits per heavy atom. The minimum atomic E-state index is -2.51. The number of rotatable bonds is 14. The first-order chi connectivity index (χ1) is 23.3. The lowest BCUT2D eigenvalue weighted by atomic mass is 9.79. The molecule has 2 fully saturated rings. The second-order valence-electron chi connectivity index (χ2n) is 12.2. The second kappa shape index (κ2) is 16.8. The number of carboxylic acid groups (broad SMARTS) is 1. The number of aliphatic carboxylic acids is 1. The smallest absolute Gasteiger partial charge is 0.338 e. The number of aliphatic hydroxyl groups is 7. The summed E-state index contributed by atoms with van der Waals surface area (Å²) in [5, 5.41) is 90.8. The highest BCUT2D eigenvalue weighted by Crippen LogP contribution is 2.40. The van der Waals surface area contributed by atoms with E-state index >= 15 is 0 Å². The molecule has 9 N–H and O–H groups in total. The van der Waals surface area contributed by atoms with Crippen LogP contribution in [0.25, 0.3) is 6.08 Å². The van der Waals surface area contributed by atoms with Gasteiger partial charge in [-0.15, -0.1) is 0 Å². The van der Waals surface area contributed by atoms with Crippen molar-refractivity contribution in [3.8, 4) is 17.2 Å². The van der Waals surface area contributed by atoms with Gasteiger partial charge in [0.1, 0.15) is 48.8 Å². The molecule has 0 radical (unpaired) electrons. The van der Waals surface area contributed by atoms with Gasteiger partial charge in [-0.25, -0.2) is 4.79 Å². The summed E-state index contributed by atoms with van der Waals surface area (Å²) in [7, 11) is 1.24. The summed E-state index contributed by atoms with van der Waals surface area (Å²) in [6.45, 7) is 1.03. The van der Waals surface area contributed by atoms with E-state index in [4.69, 9.17) is 28.4 Å². The van der Waals surface area contributed by atoms with Crippen molar-refractivity contribution < 1.29 is 93.6 Å². The number of phenols is 1. The molecule has 280 valence electrons. The molecule has 1 aromatic carbocycles. The fourth-order valence-electron chi connectivity index (χ4n) is 5.45. The van der Waals surface area contributed by atoms with Crippen LogP contribution in [-0.4, -0.2) is 150 Å². The zero-order valence-electron chi connectivity index (χ0n) is 27.3. The Morgan fingerprint density at radius 1 is 1.02 bits per heavy atom. The van der Waals surface area contributed by atoms with Crippen molar-refractivity contribution in [3.05, 3.63) is 23.8 Å². The molecule has 1 saturated carbocycles. The topological polar surface area (TPSA) is 306 Å². The highest BCUT2D eigenvalue weighted by Gasteiger charge is 2.53. The van der Waals surface area contributed by atoms with Gasteiger partial charge in [0.25, 0.3) is 0 Å². The molecule has 1 aliphatic carbocycles. The fraction of sp³-hybridized carbons (Fsp3) is 0.613. The zero-order valence-corrected chi connectivity index (χ0v) is 27.3. The van der Waals surface area contributed by atoms with Crippen molar-refractivity contribution in [2.24, 2.45) is 0 Å². The van der Waals surface area contributed by atoms with E-state index in [0.717, 1.165) is 13.8 Å². The third kappa shape index (κ3) is 10.0. The molecule has 1 aromatic rings. The summed E-state index contributed by atoms with van der Waals surface area (Å²) < 4.78 is 31.3. The lowest BCUT2D eigenvalue weighted by molar-refractivity contribution is -0.277. The van der Waals surface area contributed by atoms with Gasteiger partial charge >= 0.3 is 23.9 Å². The second-order valence-corrected chi connectivity index (χ2v) is 12.2. The molecule has 0 spiro atoms. The Labute approximate surface area is 284 Å². The van der Waals surface area contributed by atoms with Gasteiger partial charge in [-0.1, -0.05) is 6.08 Å². The van der Waals surface area contributed by atoms with Gasteiger partial charge in [-0.2, -0.15) is 0 Å². The number of aliphatic hydroxyl groups excluding tert-OH is 6. The number of esters is 3. The highest BCUT2D eigenvalue weighted by atomic mass is 16.7. The predicted octanol–water partition coefficient (Wildman–Crippen LogP) is -2.52. The molecule has 19 nitrogen and oxygen atoms in total. The van der Waals surface area contributed by atoms with Crippen LogP contribution in [0.4, 0.5) is 0 Å². The Hall–Kier alpha value is -4.08. The third-order valence-corrected chi connectivity index (χ3v) is 7.95. The number of hydrogen-bond acceptors (Lipinski definition) is 18. The van der Waals surface area contributed by atoms with Crippen molar-refractivity contribution in [1.82, 2.24) is 0 Å². The van der Waals surface area contributed by atoms with Crippen LogP contribution in [0.3, 0.4) is 0 Å². The number of hydrogen-bond donors (Lipinski definition) is 9. The van der Waals surface area contributed by atoms with Crippen LogP contribution in [0.2, 0.25) is 0 Å². The van der Waals surface area contributed by atoms with Gasteiger partial charge in [0.15, 0.2) is 17.1 Å². The summed E-state index contributed by atoms with van der Waals surface area (Å²) in [5.74, 6) is -5.65. The molecule has 19 heteroatoms. The largest absolute Gasteiger partial charge is 0.504 e. The molecule has 1 heterocycles.